The van der Waals surface area contributed by atoms with Gasteiger partial charge < -0.3 is 9.52 Å². The molecule has 0 radical (unpaired) electrons. The van der Waals surface area contributed by atoms with Gasteiger partial charge in [-0.1, -0.05) is 23.7 Å². The molecule has 132 valence electrons. The monoisotopic (exact) mass is 404 g/mol. The molecule has 0 unspecified atom stereocenters. The summed E-state index contributed by atoms with van der Waals surface area (Å²) < 4.78 is 5.55. The van der Waals surface area contributed by atoms with E-state index in [1.54, 1.807) is 42.1 Å². The summed E-state index contributed by atoms with van der Waals surface area (Å²) in [6.07, 6.45) is 3.56. The number of aromatic nitrogens is 2. The number of carbonyl (C=O) groups is 1. The second kappa shape index (κ2) is 8.44. The van der Waals surface area contributed by atoms with E-state index in [-0.39, 0.29) is 10.1 Å². The Bertz CT molecular complexity index is 938. The van der Waals surface area contributed by atoms with Crippen LogP contribution in [-0.2, 0) is 4.79 Å². The molecule has 8 heteroatoms. The third-order valence-electron chi connectivity index (χ3n) is 3.32. The highest BCUT2D eigenvalue weighted by Crippen LogP contribution is 2.30. The Morgan fingerprint density at radius 3 is 2.42 bits per heavy atom. The summed E-state index contributed by atoms with van der Waals surface area (Å²) in [5, 5.41) is 18.1. The number of thioether (sulfide) groups is 2. The van der Waals surface area contributed by atoms with Crippen LogP contribution in [0.25, 0.3) is 17.5 Å². The van der Waals surface area contributed by atoms with Crippen molar-refractivity contribution in [1.29, 1.82) is 0 Å². The molecule has 0 aliphatic heterocycles. The maximum atomic E-state index is 11.5. The normalized spacial score (nSPS) is 11.5. The molecule has 0 fully saturated rings. The molecule has 0 atom stereocenters. The van der Waals surface area contributed by atoms with Gasteiger partial charge in [-0.2, -0.15) is 0 Å². The zero-order chi connectivity index (χ0) is 18.5. The first-order valence-electron chi connectivity index (χ1n) is 7.41. The lowest BCUT2D eigenvalue weighted by atomic mass is 10.2. The number of aliphatic carboxylic acids is 1. The van der Waals surface area contributed by atoms with Crippen LogP contribution in [0.5, 0.6) is 0 Å². The number of halogens is 1. The molecular formula is C18H13ClN2O3S2. The van der Waals surface area contributed by atoms with E-state index in [2.05, 4.69) is 10.2 Å². The Balaban J connectivity index is 1.81. The van der Waals surface area contributed by atoms with Gasteiger partial charge in [0, 0.05) is 15.5 Å². The zero-order valence-corrected chi connectivity index (χ0v) is 15.9. The molecule has 3 aromatic rings. The van der Waals surface area contributed by atoms with E-state index in [9.17, 15) is 9.90 Å². The number of rotatable bonds is 6. The minimum Gasteiger partial charge on any atom is -0.477 e. The van der Waals surface area contributed by atoms with E-state index in [1.807, 2.05) is 30.5 Å². The van der Waals surface area contributed by atoms with Gasteiger partial charge in [-0.3, -0.25) is 0 Å². The summed E-state index contributed by atoms with van der Waals surface area (Å²) >= 11 is 8.39. The zero-order valence-electron chi connectivity index (χ0n) is 13.5. The molecule has 0 aliphatic rings. The van der Waals surface area contributed by atoms with Crippen molar-refractivity contribution in [3.8, 4) is 11.5 Å². The number of hydrogen-bond donors (Lipinski definition) is 1. The number of carboxylic acid groups (broad SMARTS) is 1. The van der Waals surface area contributed by atoms with Crippen molar-refractivity contribution >= 4 is 47.2 Å². The Morgan fingerprint density at radius 2 is 1.81 bits per heavy atom. The third-order valence-corrected chi connectivity index (χ3v) is 5.17. The highest BCUT2D eigenvalue weighted by Gasteiger charge is 2.16. The van der Waals surface area contributed by atoms with E-state index in [0.29, 0.717) is 16.5 Å². The first-order chi connectivity index (χ1) is 12.5. The van der Waals surface area contributed by atoms with Crippen molar-refractivity contribution in [2.24, 2.45) is 0 Å². The van der Waals surface area contributed by atoms with E-state index < -0.39 is 5.97 Å². The topological polar surface area (TPSA) is 76.2 Å². The van der Waals surface area contributed by atoms with E-state index in [1.165, 1.54) is 0 Å². The molecular weight excluding hydrogens is 392 g/mol. The lowest BCUT2D eigenvalue weighted by Gasteiger charge is -2.00. The average molecular weight is 405 g/mol. The molecule has 5 nitrogen and oxygen atoms in total. The summed E-state index contributed by atoms with van der Waals surface area (Å²) in [5.74, 6) is -0.756. The van der Waals surface area contributed by atoms with Gasteiger partial charge in [-0.05, 0) is 66.1 Å². The summed E-state index contributed by atoms with van der Waals surface area (Å²) in [5.41, 5.74) is 1.49. The van der Waals surface area contributed by atoms with Gasteiger partial charge in [0.05, 0.1) is 0 Å². The second-order valence-corrected chi connectivity index (χ2v) is 7.38. The Kier molecular flexibility index (Phi) is 6.03. The number of nitrogens with zero attached hydrogens (tertiary/aromatic N) is 2. The van der Waals surface area contributed by atoms with Crippen molar-refractivity contribution in [3.05, 3.63) is 64.0 Å². The largest absolute Gasteiger partial charge is 0.477 e. The fraction of sp³-hybridized carbons (Fsp3) is 0.0556. The summed E-state index contributed by atoms with van der Waals surface area (Å²) in [6, 6.07) is 14.5. The van der Waals surface area contributed by atoms with Gasteiger partial charge in [0.2, 0.25) is 5.89 Å². The van der Waals surface area contributed by atoms with Gasteiger partial charge >= 0.3 is 5.97 Å². The molecule has 0 bridgehead atoms. The van der Waals surface area contributed by atoms with Crippen LogP contribution in [0, 0.1) is 0 Å². The van der Waals surface area contributed by atoms with Gasteiger partial charge in [0.25, 0.3) is 5.22 Å². The fourth-order valence-corrected chi connectivity index (χ4v) is 3.25. The summed E-state index contributed by atoms with van der Waals surface area (Å²) in [6.45, 7) is 0. The predicted molar refractivity (Wildman–Crippen MR) is 104 cm³/mol. The van der Waals surface area contributed by atoms with Gasteiger partial charge in [0.15, 0.2) is 0 Å². The molecule has 0 amide bonds. The summed E-state index contributed by atoms with van der Waals surface area (Å²) in [7, 11) is 0. The standard InChI is InChI=1S/C18H13ClN2O3S2/c1-25-14-8-2-11(3-9-14)10-15(17(22)23)26-18-21-20-16(24-18)12-4-6-13(19)7-5-12/h2-10H,1H3,(H,22,23)/b15-10-. The molecule has 1 heterocycles. The molecule has 1 aromatic heterocycles. The van der Waals surface area contributed by atoms with Gasteiger partial charge in [0.1, 0.15) is 4.91 Å². The first kappa shape index (κ1) is 18.6. The molecule has 0 spiro atoms. The Morgan fingerprint density at radius 1 is 1.12 bits per heavy atom. The molecule has 26 heavy (non-hydrogen) atoms. The lowest BCUT2D eigenvalue weighted by Crippen LogP contribution is -1.96. The van der Waals surface area contributed by atoms with Crippen molar-refractivity contribution in [1.82, 2.24) is 10.2 Å². The minimum absolute atomic E-state index is 0.0909. The quantitative estimate of drug-likeness (QED) is 0.439. The highest BCUT2D eigenvalue weighted by molar-refractivity contribution is 8.03. The van der Waals surface area contributed by atoms with Crippen LogP contribution in [0.3, 0.4) is 0 Å². The first-order valence-corrected chi connectivity index (χ1v) is 9.83. The van der Waals surface area contributed by atoms with Crippen LogP contribution in [0.2, 0.25) is 5.02 Å². The van der Waals surface area contributed by atoms with Gasteiger partial charge in [-0.15, -0.1) is 22.0 Å². The van der Waals surface area contributed by atoms with E-state index in [4.69, 9.17) is 16.0 Å². The van der Waals surface area contributed by atoms with Crippen LogP contribution in [0.4, 0.5) is 0 Å². The smallest absolute Gasteiger partial charge is 0.342 e. The molecule has 0 saturated heterocycles. The SMILES string of the molecule is CSc1ccc(/C=C(\Sc2nnc(-c3ccc(Cl)cc3)o2)C(=O)O)cc1. The molecule has 0 aliphatic carbocycles. The average Bonchev–Trinajstić information content (AvgIpc) is 3.11. The van der Waals surface area contributed by atoms with Crippen LogP contribution in [0.15, 0.2) is 68.0 Å². The number of benzene rings is 2. The van der Waals surface area contributed by atoms with E-state index >= 15 is 0 Å². The molecule has 0 saturated carbocycles. The molecule has 2 aromatic carbocycles. The van der Waals surface area contributed by atoms with Crippen LogP contribution in [-0.4, -0.2) is 27.5 Å². The van der Waals surface area contributed by atoms with Crippen LogP contribution < -0.4 is 0 Å². The summed E-state index contributed by atoms with van der Waals surface area (Å²) in [4.78, 5) is 12.7. The van der Waals surface area contributed by atoms with Gasteiger partial charge in [-0.25, -0.2) is 4.79 Å². The lowest BCUT2D eigenvalue weighted by molar-refractivity contribution is -0.131. The Labute approximate surface area is 163 Å². The molecule has 3 rings (SSSR count). The van der Waals surface area contributed by atoms with Crippen molar-refractivity contribution in [2.75, 3.05) is 6.26 Å². The van der Waals surface area contributed by atoms with E-state index in [0.717, 1.165) is 22.2 Å². The molecule has 1 N–H and O–H groups in total. The van der Waals surface area contributed by atoms with Crippen molar-refractivity contribution < 1.29 is 14.3 Å². The maximum absolute atomic E-state index is 11.5. The predicted octanol–water partition coefficient (Wildman–Crippen LogP) is 5.33. The fourth-order valence-electron chi connectivity index (χ4n) is 2.04. The Hall–Kier alpha value is -2.22. The third kappa shape index (κ3) is 4.69. The number of carboxylic acids is 1. The highest BCUT2D eigenvalue weighted by atomic mass is 35.5. The van der Waals surface area contributed by atoms with Crippen LogP contribution >= 0.6 is 35.1 Å². The number of hydrogen-bond acceptors (Lipinski definition) is 6. The second-order valence-electron chi connectivity index (χ2n) is 5.07. The van der Waals surface area contributed by atoms with Crippen molar-refractivity contribution in [2.45, 2.75) is 10.1 Å². The van der Waals surface area contributed by atoms with Crippen molar-refractivity contribution in [3.63, 3.8) is 0 Å². The maximum Gasteiger partial charge on any atom is 0.342 e. The van der Waals surface area contributed by atoms with Crippen LogP contribution in [0.1, 0.15) is 5.56 Å². The minimum atomic E-state index is -1.06.